The van der Waals surface area contributed by atoms with Gasteiger partial charge < -0.3 is 4.42 Å². The maximum absolute atomic E-state index is 6.12. The Hall–Kier alpha value is -1.29. The van der Waals surface area contributed by atoms with Crippen LogP contribution >= 0.6 is 11.6 Å². The standard InChI is InChI=1S/C13H15ClN2O/c1-9-6-7-13(17-9)12(16-15)8-10-4-2-3-5-11(10)14/h2-7,12,16H,8,15H2,1H3. The van der Waals surface area contributed by atoms with Gasteiger partial charge in [0.1, 0.15) is 11.5 Å². The summed E-state index contributed by atoms with van der Waals surface area (Å²) < 4.78 is 5.56. The van der Waals surface area contributed by atoms with Gasteiger partial charge in [-0.2, -0.15) is 0 Å². The largest absolute Gasteiger partial charge is 0.465 e. The summed E-state index contributed by atoms with van der Waals surface area (Å²) in [6.07, 6.45) is 0.698. The number of benzene rings is 1. The maximum Gasteiger partial charge on any atom is 0.122 e. The molecule has 0 bridgehead atoms. The second-order valence-electron chi connectivity index (χ2n) is 3.96. The van der Waals surface area contributed by atoms with E-state index in [1.54, 1.807) is 0 Å². The molecule has 0 spiro atoms. The van der Waals surface area contributed by atoms with Gasteiger partial charge in [-0.3, -0.25) is 5.84 Å². The van der Waals surface area contributed by atoms with Gasteiger partial charge in [0.2, 0.25) is 0 Å². The topological polar surface area (TPSA) is 51.2 Å². The minimum atomic E-state index is -0.0661. The molecule has 1 unspecified atom stereocenters. The highest BCUT2D eigenvalue weighted by atomic mass is 35.5. The lowest BCUT2D eigenvalue weighted by Crippen LogP contribution is -2.29. The van der Waals surface area contributed by atoms with Crippen LogP contribution < -0.4 is 11.3 Å². The summed E-state index contributed by atoms with van der Waals surface area (Å²) in [6, 6.07) is 11.5. The highest BCUT2D eigenvalue weighted by Crippen LogP contribution is 2.24. The first-order valence-corrected chi connectivity index (χ1v) is 5.84. The lowest BCUT2D eigenvalue weighted by molar-refractivity contribution is 0.403. The van der Waals surface area contributed by atoms with Gasteiger partial charge in [0.25, 0.3) is 0 Å². The van der Waals surface area contributed by atoms with Crippen LogP contribution in [0.3, 0.4) is 0 Å². The van der Waals surface area contributed by atoms with Crippen molar-refractivity contribution in [1.29, 1.82) is 0 Å². The normalized spacial score (nSPS) is 12.6. The van der Waals surface area contributed by atoms with Gasteiger partial charge in [-0.25, -0.2) is 5.43 Å². The van der Waals surface area contributed by atoms with E-state index >= 15 is 0 Å². The molecule has 17 heavy (non-hydrogen) atoms. The average molecular weight is 251 g/mol. The fourth-order valence-electron chi connectivity index (χ4n) is 1.77. The zero-order chi connectivity index (χ0) is 12.3. The Morgan fingerprint density at radius 2 is 2.06 bits per heavy atom. The number of halogens is 1. The van der Waals surface area contributed by atoms with E-state index in [1.807, 2.05) is 43.3 Å². The number of aryl methyl sites for hydroxylation is 1. The molecule has 0 fully saturated rings. The predicted molar refractivity (Wildman–Crippen MR) is 68.7 cm³/mol. The Bertz CT molecular complexity index is 496. The summed E-state index contributed by atoms with van der Waals surface area (Å²) in [5.74, 6) is 7.26. The van der Waals surface area contributed by atoms with Crippen molar-refractivity contribution in [2.24, 2.45) is 5.84 Å². The molecule has 2 rings (SSSR count). The molecule has 1 aromatic carbocycles. The molecular formula is C13H15ClN2O. The molecule has 1 atom stereocenters. The van der Waals surface area contributed by atoms with Crippen molar-refractivity contribution in [2.45, 2.75) is 19.4 Å². The molecule has 3 N–H and O–H groups in total. The minimum Gasteiger partial charge on any atom is -0.465 e. The van der Waals surface area contributed by atoms with Crippen LogP contribution in [0.2, 0.25) is 5.02 Å². The van der Waals surface area contributed by atoms with Gasteiger partial charge in [-0.05, 0) is 37.1 Å². The first-order chi connectivity index (χ1) is 8.20. The van der Waals surface area contributed by atoms with Crippen molar-refractivity contribution >= 4 is 11.6 Å². The molecule has 1 heterocycles. The first-order valence-electron chi connectivity index (χ1n) is 5.46. The Kier molecular flexibility index (Phi) is 3.84. The molecule has 0 aliphatic carbocycles. The lowest BCUT2D eigenvalue weighted by atomic mass is 10.0. The van der Waals surface area contributed by atoms with Crippen molar-refractivity contribution in [3.8, 4) is 0 Å². The van der Waals surface area contributed by atoms with Gasteiger partial charge in [0.05, 0.1) is 6.04 Å². The van der Waals surface area contributed by atoms with Crippen LogP contribution in [0, 0.1) is 6.92 Å². The Morgan fingerprint density at radius 1 is 1.29 bits per heavy atom. The molecule has 0 saturated carbocycles. The molecule has 0 aliphatic rings. The molecule has 1 aromatic heterocycles. The number of furan rings is 1. The fraction of sp³-hybridized carbons (Fsp3) is 0.231. The lowest BCUT2D eigenvalue weighted by Gasteiger charge is -2.14. The van der Waals surface area contributed by atoms with Crippen molar-refractivity contribution in [1.82, 2.24) is 5.43 Å². The predicted octanol–water partition coefficient (Wildman–Crippen LogP) is 2.99. The van der Waals surface area contributed by atoms with Gasteiger partial charge in [0.15, 0.2) is 0 Å². The zero-order valence-electron chi connectivity index (χ0n) is 9.61. The SMILES string of the molecule is Cc1ccc(C(Cc2ccccc2Cl)NN)o1. The summed E-state index contributed by atoms with van der Waals surface area (Å²) in [5, 5.41) is 0.746. The summed E-state index contributed by atoms with van der Waals surface area (Å²) in [5.41, 5.74) is 3.80. The number of hydrazine groups is 1. The minimum absolute atomic E-state index is 0.0661. The van der Waals surface area contributed by atoms with E-state index in [0.717, 1.165) is 22.1 Å². The number of hydrogen-bond acceptors (Lipinski definition) is 3. The third kappa shape index (κ3) is 2.88. The quantitative estimate of drug-likeness (QED) is 0.648. The van der Waals surface area contributed by atoms with E-state index in [0.29, 0.717) is 6.42 Å². The van der Waals surface area contributed by atoms with E-state index in [9.17, 15) is 0 Å². The summed E-state index contributed by atoms with van der Waals surface area (Å²) in [7, 11) is 0. The second-order valence-corrected chi connectivity index (χ2v) is 4.37. The highest BCUT2D eigenvalue weighted by molar-refractivity contribution is 6.31. The maximum atomic E-state index is 6.12. The van der Waals surface area contributed by atoms with E-state index in [-0.39, 0.29) is 6.04 Å². The molecule has 0 radical (unpaired) electrons. The molecular weight excluding hydrogens is 236 g/mol. The number of nitrogens with one attached hydrogen (secondary N) is 1. The van der Waals surface area contributed by atoms with Crippen LogP contribution in [0.1, 0.15) is 23.1 Å². The molecule has 0 saturated heterocycles. The van der Waals surface area contributed by atoms with E-state index in [2.05, 4.69) is 5.43 Å². The van der Waals surface area contributed by atoms with Crippen LogP contribution in [0.25, 0.3) is 0 Å². The highest BCUT2D eigenvalue weighted by Gasteiger charge is 2.15. The van der Waals surface area contributed by atoms with E-state index in [4.69, 9.17) is 21.9 Å². The summed E-state index contributed by atoms with van der Waals surface area (Å²) in [6.45, 7) is 1.91. The van der Waals surface area contributed by atoms with Crippen molar-refractivity contribution in [2.75, 3.05) is 0 Å². The smallest absolute Gasteiger partial charge is 0.122 e. The molecule has 4 heteroatoms. The first kappa shape index (κ1) is 12.2. The van der Waals surface area contributed by atoms with E-state index in [1.165, 1.54) is 0 Å². The van der Waals surface area contributed by atoms with Gasteiger partial charge in [0, 0.05) is 5.02 Å². The monoisotopic (exact) mass is 250 g/mol. The summed E-state index contributed by atoms with van der Waals surface area (Å²) in [4.78, 5) is 0. The second kappa shape index (κ2) is 5.36. The van der Waals surface area contributed by atoms with Crippen LogP contribution in [0.15, 0.2) is 40.8 Å². The third-order valence-corrected chi connectivity index (χ3v) is 3.06. The number of hydrogen-bond donors (Lipinski definition) is 2. The Labute approximate surface area is 106 Å². The molecule has 2 aromatic rings. The van der Waals surface area contributed by atoms with Gasteiger partial charge in [-0.15, -0.1) is 0 Å². The van der Waals surface area contributed by atoms with Crippen molar-refractivity contribution < 1.29 is 4.42 Å². The average Bonchev–Trinajstić information content (AvgIpc) is 2.75. The Morgan fingerprint density at radius 3 is 2.65 bits per heavy atom. The van der Waals surface area contributed by atoms with Crippen LogP contribution in [-0.2, 0) is 6.42 Å². The van der Waals surface area contributed by atoms with Crippen LogP contribution in [0.5, 0.6) is 0 Å². The zero-order valence-corrected chi connectivity index (χ0v) is 10.4. The van der Waals surface area contributed by atoms with Crippen molar-refractivity contribution in [3.63, 3.8) is 0 Å². The van der Waals surface area contributed by atoms with Crippen LogP contribution in [-0.4, -0.2) is 0 Å². The molecule has 90 valence electrons. The van der Waals surface area contributed by atoms with Gasteiger partial charge >= 0.3 is 0 Å². The van der Waals surface area contributed by atoms with Crippen LogP contribution in [0.4, 0.5) is 0 Å². The molecule has 3 nitrogen and oxygen atoms in total. The van der Waals surface area contributed by atoms with Crippen molar-refractivity contribution in [3.05, 3.63) is 58.5 Å². The number of nitrogens with two attached hydrogens (primary N) is 1. The third-order valence-electron chi connectivity index (χ3n) is 2.69. The Balaban J connectivity index is 2.18. The number of rotatable bonds is 4. The van der Waals surface area contributed by atoms with E-state index < -0.39 is 0 Å². The fourth-order valence-corrected chi connectivity index (χ4v) is 1.98. The molecule has 0 aliphatic heterocycles. The van der Waals surface area contributed by atoms with Gasteiger partial charge in [-0.1, -0.05) is 29.8 Å². The summed E-state index contributed by atoms with van der Waals surface area (Å²) >= 11 is 6.12. The molecule has 0 amide bonds.